The summed E-state index contributed by atoms with van der Waals surface area (Å²) in [6.45, 7) is 1.70. The van der Waals surface area contributed by atoms with E-state index < -0.39 is 18.1 Å². The highest BCUT2D eigenvalue weighted by atomic mass is 19.4. The van der Waals surface area contributed by atoms with E-state index in [-0.39, 0.29) is 5.56 Å². The van der Waals surface area contributed by atoms with Crippen molar-refractivity contribution >= 4 is 12.0 Å². The molecule has 0 radical (unpaired) electrons. The Bertz CT molecular complexity index is 849. The number of aryl methyl sites for hydroxylation is 1. The Kier molecular flexibility index (Phi) is 5.83. The first-order valence-electron chi connectivity index (χ1n) is 7.80. The topological polar surface area (TPSA) is 44.1 Å². The number of benzene rings is 2. The lowest BCUT2D eigenvalue weighted by molar-refractivity contribution is -0.186. The first-order valence-corrected chi connectivity index (χ1v) is 7.80. The van der Waals surface area contributed by atoms with Crippen LogP contribution in [-0.4, -0.2) is 24.0 Å². The van der Waals surface area contributed by atoms with Gasteiger partial charge < -0.3 is 4.90 Å². The molecule has 0 fully saturated rings. The van der Waals surface area contributed by atoms with Gasteiger partial charge in [0.15, 0.2) is 6.04 Å². The molecular formula is C20H17F3N2O. The quantitative estimate of drug-likeness (QED) is 0.747. The van der Waals surface area contributed by atoms with Gasteiger partial charge in [0.2, 0.25) is 5.91 Å². The number of likely N-dealkylation sites (N-methyl/N-ethyl adjacent to an activating group) is 1. The second-order valence-electron chi connectivity index (χ2n) is 5.87. The fourth-order valence-corrected chi connectivity index (χ4v) is 2.55. The molecular weight excluding hydrogens is 341 g/mol. The third-order valence-electron chi connectivity index (χ3n) is 3.86. The molecule has 0 aliphatic carbocycles. The Labute approximate surface area is 150 Å². The molecule has 0 heterocycles. The zero-order valence-electron chi connectivity index (χ0n) is 14.3. The predicted octanol–water partition coefficient (Wildman–Crippen LogP) is 4.64. The Morgan fingerprint density at radius 1 is 1.19 bits per heavy atom. The van der Waals surface area contributed by atoms with E-state index in [1.165, 1.54) is 24.3 Å². The van der Waals surface area contributed by atoms with Crippen molar-refractivity contribution in [2.75, 3.05) is 7.05 Å². The molecule has 6 heteroatoms. The number of nitrogens with zero attached hydrogens (tertiary/aromatic N) is 2. The molecule has 0 N–H and O–H groups in total. The van der Waals surface area contributed by atoms with E-state index in [0.29, 0.717) is 21.6 Å². The number of carbonyl (C=O) groups excluding carboxylic acids is 1. The standard InChI is InChI=1S/C20H17F3N2O/c1-14-4-3-5-17(12-14)19(20(21,22)23)25(2)18(26)11-10-15-6-8-16(13-24)9-7-15/h3-12,19H,1-2H3/b11-10+. The van der Waals surface area contributed by atoms with Crippen molar-refractivity contribution < 1.29 is 18.0 Å². The number of hydrogen-bond acceptors (Lipinski definition) is 2. The van der Waals surface area contributed by atoms with Crippen LogP contribution in [0.4, 0.5) is 13.2 Å². The van der Waals surface area contributed by atoms with Gasteiger partial charge >= 0.3 is 6.18 Å². The Balaban J connectivity index is 2.24. The van der Waals surface area contributed by atoms with E-state index in [9.17, 15) is 18.0 Å². The van der Waals surface area contributed by atoms with Crippen LogP contribution in [0.1, 0.15) is 28.3 Å². The lowest BCUT2D eigenvalue weighted by Crippen LogP contribution is -2.39. The van der Waals surface area contributed by atoms with E-state index in [1.807, 2.05) is 6.07 Å². The number of halogens is 3. The Hall–Kier alpha value is -3.07. The SMILES string of the molecule is Cc1cccc(C(N(C)C(=O)/C=C/c2ccc(C#N)cc2)C(F)(F)F)c1. The molecule has 134 valence electrons. The van der Waals surface area contributed by atoms with Crippen molar-refractivity contribution in [1.29, 1.82) is 5.26 Å². The van der Waals surface area contributed by atoms with Gasteiger partial charge in [-0.25, -0.2) is 0 Å². The molecule has 0 saturated heterocycles. The summed E-state index contributed by atoms with van der Waals surface area (Å²) in [6, 6.07) is 12.3. The molecule has 0 bridgehead atoms. The van der Waals surface area contributed by atoms with Crippen molar-refractivity contribution in [3.8, 4) is 6.07 Å². The molecule has 0 aliphatic rings. The summed E-state index contributed by atoms with van der Waals surface area (Å²) in [5.41, 5.74) is 1.78. The summed E-state index contributed by atoms with van der Waals surface area (Å²) in [6.07, 6.45) is -2.08. The molecule has 1 atom stereocenters. The number of hydrogen-bond donors (Lipinski definition) is 0. The second kappa shape index (κ2) is 7.87. The Morgan fingerprint density at radius 2 is 1.85 bits per heavy atom. The zero-order valence-corrected chi connectivity index (χ0v) is 14.3. The Morgan fingerprint density at radius 3 is 2.38 bits per heavy atom. The summed E-state index contributed by atoms with van der Waals surface area (Å²) in [7, 11) is 1.13. The first-order chi connectivity index (χ1) is 12.2. The molecule has 26 heavy (non-hydrogen) atoms. The molecule has 3 nitrogen and oxygen atoms in total. The molecule has 0 saturated carbocycles. The van der Waals surface area contributed by atoms with Crippen LogP contribution in [0.25, 0.3) is 6.08 Å². The highest BCUT2D eigenvalue weighted by Crippen LogP contribution is 2.37. The number of carbonyl (C=O) groups is 1. The monoisotopic (exact) mass is 358 g/mol. The number of rotatable bonds is 4. The van der Waals surface area contributed by atoms with Gasteiger partial charge in [0.1, 0.15) is 0 Å². The molecule has 2 rings (SSSR count). The van der Waals surface area contributed by atoms with Gasteiger partial charge in [-0.1, -0.05) is 42.0 Å². The van der Waals surface area contributed by atoms with Crippen LogP contribution >= 0.6 is 0 Å². The average molecular weight is 358 g/mol. The minimum atomic E-state index is -4.60. The molecule has 0 aromatic heterocycles. The lowest BCUT2D eigenvalue weighted by Gasteiger charge is -2.29. The van der Waals surface area contributed by atoms with Crippen LogP contribution in [0.15, 0.2) is 54.6 Å². The maximum absolute atomic E-state index is 13.5. The molecule has 0 aliphatic heterocycles. The van der Waals surface area contributed by atoms with Gasteiger partial charge in [-0.2, -0.15) is 18.4 Å². The third kappa shape index (κ3) is 4.73. The van der Waals surface area contributed by atoms with Crippen LogP contribution < -0.4 is 0 Å². The van der Waals surface area contributed by atoms with Crippen molar-refractivity contribution in [3.63, 3.8) is 0 Å². The van der Waals surface area contributed by atoms with Crippen LogP contribution in [0.3, 0.4) is 0 Å². The minimum Gasteiger partial charge on any atom is -0.326 e. The van der Waals surface area contributed by atoms with Gasteiger partial charge in [-0.15, -0.1) is 0 Å². The minimum absolute atomic E-state index is 0.0140. The van der Waals surface area contributed by atoms with Crippen molar-refractivity contribution in [2.45, 2.75) is 19.1 Å². The van der Waals surface area contributed by atoms with Crippen LogP contribution in [0.5, 0.6) is 0 Å². The summed E-state index contributed by atoms with van der Waals surface area (Å²) in [4.78, 5) is 12.9. The predicted molar refractivity (Wildman–Crippen MR) is 92.9 cm³/mol. The second-order valence-corrected chi connectivity index (χ2v) is 5.87. The molecule has 1 unspecified atom stereocenters. The van der Waals surface area contributed by atoms with Gasteiger partial charge in [0.05, 0.1) is 11.6 Å². The lowest BCUT2D eigenvalue weighted by atomic mass is 10.0. The molecule has 2 aromatic rings. The van der Waals surface area contributed by atoms with E-state index in [4.69, 9.17) is 5.26 Å². The van der Waals surface area contributed by atoms with Crippen molar-refractivity contribution in [3.05, 3.63) is 76.9 Å². The van der Waals surface area contributed by atoms with E-state index in [2.05, 4.69) is 0 Å². The maximum Gasteiger partial charge on any atom is 0.413 e. The normalized spacial score (nSPS) is 12.6. The van der Waals surface area contributed by atoms with Gasteiger partial charge in [-0.05, 0) is 36.3 Å². The summed E-state index contributed by atoms with van der Waals surface area (Å²) in [5, 5.41) is 8.75. The first kappa shape index (κ1) is 19.3. The van der Waals surface area contributed by atoms with Crippen LogP contribution in [0.2, 0.25) is 0 Å². The van der Waals surface area contributed by atoms with E-state index in [0.717, 1.165) is 13.1 Å². The largest absolute Gasteiger partial charge is 0.413 e. The van der Waals surface area contributed by atoms with Crippen molar-refractivity contribution in [1.82, 2.24) is 4.90 Å². The summed E-state index contributed by atoms with van der Waals surface area (Å²) < 4.78 is 40.6. The van der Waals surface area contributed by atoms with E-state index >= 15 is 0 Å². The van der Waals surface area contributed by atoms with Crippen molar-refractivity contribution in [2.24, 2.45) is 0 Å². The van der Waals surface area contributed by atoms with Gasteiger partial charge in [0.25, 0.3) is 0 Å². The van der Waals surface area contributed by atoms with Crippen LogP contribution in [0, 0.1) is 18.3 Å². The molecule has 0 spiro atoms. The highest BCUT2D eigenvalue weighted by Gasteiger charge is 2.44. The van der Waals surface area contributed by atoms with Gasteiger partial charge in [-0.3, -0.25) is 4.79 Å². The molecule has 2 aromatic carbocycles. The number of alkyl halides is 3. The maximum atomic E-state index is 13.5. The van der Waals surface area contributed by atoms with E-state index in [1.54, 1.807) is 37.3 Å². The summed E-state index contributed by atoms with van der Waals surface area (Å²) >= 11 is 0. The fourth-order valence-electron chi connectivity index (χ4n) is 2.55. The van der Waals surface area contributed by atoms with Gasteiger partial charge in [0, 0.05) is 13.1 Å². The smallest absolute Gasteiger partial charge is 0.326 e. The summed E-state index contributed by atoms with van der Waals surface area (Å²) in [5.74, 6) is -0.766. The highest BCUT2D eigenvalue weighted by molar-refractivity contribution is 5.92. The average Bonchev–Trinajstić information content (AvgIpc) is 2.59. The van der Waals surface area contributed by atoms with Crippen LogP contribution in [-0.2, 0) is 4.79 Å². The molecule has 1 amide bonds. The fraction of sp³-hybridized carbons (Fsp3) is 0.200. The number of amides is 1. The number of nitriles is 1. The third-order valence-corrected chi connectivity index (χ3v) is 3.86. The zero-order chi connectivity index (χ0) is 19.3.